The Balaban J connectivity index is 1.75. The molecule has 0 unspecified atom stereocenters. The van der Waals surface area contributed by atoms with Gasteiger partial charge in [0.2, 0.25) is 0 Å². The number of morpholine rings is 1. The van der Waals surface area contributed by atoms with Crippen LogP contribution in [-0.4, -0.2) is 71.6 Å². The first kappa shape index (κ1) is 22.6. The highest BCUT2D eigenvalue weighted by Gasteiger charge is 2.22. The number of nitro groups is 1. The number of pyridine rings is 1. The molecule has 31 heavy (non-hydrogen) atoms. The smallest absolute Gasteiger partial charge is 0.311 e. The molecule has 2 aromatic rings. The van der Waals surface area contributed by atoms with Crippen LogP contribution in [0.15, 0.2) is 42.7 Å². The average Bonchev–Trinajstić information content (AvgIpc) is 2.79. The van der Waals surface area contributed by atoms with Crippen LogP contribution < -0.4 is 4.74 Å². The fourth-order valence-corrected chi connectivity index (χ4v) is 3.52. The molecule has 0 N–H and O–H groups in total. The standard InChI is InChI=1S/C22H28N4O5/c1-2-31-21-5-4-19(16-20(21)26(28)29)22(27)25(17-18-6-8-23-9-7-18)11-3-10-24-12-14-30-15-13-24/h4-9,16H,2-3,10-15,17H2,1H3. The summed E-state index contributed by atoms with van der Waals surface area (Å²) in [7, 11) is 0. The van der Waals surface area contributed by atoms with Crippen LogP contribution in [0.2, 0.25) is 0 Å². The molecule has 166 valence electrons. The second kappa shape index (κ2) is 11.4. The fourth-order valence-electron chi connectivity index (χ4n) is 3.52. The molecule has 3 rings (SSSR count). The molecule has 1 aliphatic rings. The molecular weight excluding hydrogens is 400 g/mol. The van der Waals surface area contributed by atoms with Gasteiger partial charge >= 0.3 is 5.69 Å². The van der Waals surface area contributed by atoms with Crippen LogP contribution >= 0.6 is 0 Å². The van der Waals surface area contributed by atoms with Crippen molar-refractivity contribution in [3.8, 4) is 5.75 Å². The summed E-state index contributed by atoms with van der Waals surface area (Å²) in [5.41, 5.74) is 1.02. The minimum Gasteiger partial charge on any atom is -0.487 e. The number of nitro benzene ring substituents is 1. The van der Waals surface area contributed by atoms with Crippen LogP contribution in [-0.2, 0) is 11.3 Å². The third-order valence-electron chi connectivity index (χ3n) is 5.12. The van der Waals surface area contributed by atoms with Gasteiger partial charge in [0, 0.05) is 56.7 Å². The van der Waals surface area contributed by atoms with Gasteiger partial charge in [-0.15, -0.1) is 0 Å². The predicted octanol–water partition coefficient (Wildman–Crippen LogP) is 2.75. The maximum atomic E-state index is 13.3. The highest BCUT2D eigenvalue weighted by Crippen LogP contribution is 2.28. The van der Waals surface area contributed by atoms with E-state index in [1.165, 1.54) is 12.1 Å². The quantitative estimate of drug-likeness (QED) is 0.424. The monoisotopic (exact) mass is 428 g/mol. The molecule has 0 bridgehead atoms. The van der Waals surface area contributed by atoms with Gasteiger partial charge in [0.15, 0.2) is 5.75 Å². The summed E-state index contributed by atoms with van der Waals surface area (Å²) in [5, 5.41) is 11.5. The zero-order valence-electron chi connectivity index (χ0n) is 17.7. The molecule has 0 radical (unpaired) electrons. The summed E-state index contributed by atoms with van der Waals surface area (Å²) in [4.78, 5) is 32.3. The summed E-state index contributed by atoms with van der Waals surface area (Å²) in [6.07, 6.45) is 4.18. The van der Waals surface area contributed by atoms with E-state index in [0.29, 0.717) is 19.7 Å². The molecule has 9 heteroatoms. The van der Waals surface area contributed by atoms with Gasteiger partial charge in [-0.3, -0.25) is 24.8 Å². The van der Waals surface area contributed by atoms with Crippen LogP contribution in [0.25, 0.3) is 0 Å². The summed E-state index contributed by atoms with van der Waals surface area (Å²) in [6.45, 7) is 7.13. The van der Waals surface area contributed by atoms with Gasteiger partial charge in [-0.05, 0) is 43.2 Å². The number of aromatic nitrogens is 1. The molecule has 1 aliphatic heterocycles. The van der Waals surface area contributed by atoms with E-state index in [-0.39, 0.29) is 22.9 Å². The van der Waals surface area contributed by atoms with E-state index in [2.05, 4.69) is 9.88 Å². The van der Waals surface area contributed by atoms with Gasteiger partial charge in [-0.2, -0.15) is 0 Å². The second-order valence-corrected chi connectivity index (χ2v) is 7.26. The Labute approximate surface area is 181 Å². The average molecular weight is 428 g/mol. The van der Waals surface area contributed by atoms with E-state index in [0.717, 1.165) is 44.8 Å². The number of carbonyl (C=O) groups is 1. The number of benzene rings is 1. The lowest BCUT2D eigenvalue weighted by atomic mass is 10.1. The number of amides is 1. The van der Waals surface area contributed by atoms with Crippen LogP contribution in [0.3, 0.4) is 0 Å². The normalized spacial score (nSPS) is 14.2. The van der Waals surface area contributed by atoms with E-state index >= 15 is 0 Å². The Kier molecular flexibility index (Phi) is 8.31. The van der Waals surface area contributed by atoms with Crippen molar-refractivity contribution in [3.63, 3.8) is 0 Å². The molecule has 0 aliphatic carbocycles. The molecule has 1 amide bonds. The Morgan fingerprint density at radius 1 is 1.26 bits per heavy atom. The lowest BCUT2D eigenvalue weighted by Gasteiger charge is -2.28. The molecule has 1 saturated heterocycles. The van der Waals surface area contributed by atoms with Crippen LogP contribution in [0, 0.1) is 10.1 Å². The maximum Gasteiger partial charge on any atom is 0.311 e. The van der Waals surface area contributed by atoms with Crippen LogP contribution in [0.4, 0.5) is 5.69 Å². The molecular formula is C22H28N4O5. The molecule has 2 heterocycles. The van der Waals surface area contributed by atoms with Crippen molar-refractivity contribution in [3.05, 3.63) is 64.0 Å². The Morgan fingerprint density at radius 3 is 2.68 bits per heavy atom. The van der Waals surface area contributed by atoms with E-state index in [4.69, 9.17) is 9.47 Å². The highest BCUT2D eigenvalue weighted by atomic mass is 16.6. The number of ether oxygens (including phenoxy) is 2. The Hall–Kier alpha value is -3.04. The van der Waals surface area contributed by atoms with Gasteiger partial charge in [0.25, 0.3) is 5.91 Å². The third kappa shape index (κ3) is 6.47. The van der Waals surface area contributed by atoms with Crippen molar-refractivity contribution in [1.82, 2.24) is 14.8 Å². The van der Waals surface area contributed by atoms with Crippen molar-refractivity contribution in [2.24, 2.45) is 0 Å². The summed E-state index contributed by atoms with van der Waals surface area (Å²) in [5.74, 6) is -0.0815. The van der Waals surface area contributed by atoms with Gasteiger partial charge < -0.3 is 14.4 Å². The number of hydrogen-bond donors (Lipinski definition) is 0. The molecule has 1 aromatic carbocycles. The first-order valence-corrected chi connectivity index (χ1v) is 10.5. The minimum atomic E-state index is -0.520. The highest BCUT2D eigenvalue weighted by molar-refractivity contribution is 5.95. The summed E-state index contributed by atoms with van der Waals surface area (Å²) >= 11 is 0. The molecule has 1 fully saturated rings. The summed E-state index contributed by atoms with van der Waals surface area (Å²) < 4.78 is 10.7. The molecule has 1 aromatic heterocycles. The van der Waals surface area contributed by atoms with Crippen molar-refractivity contribution in [1.29, 1.82) is 0 Å². The second-order valence-electron chi connectivity index (χ2n) is 7.26. The zero-order valence-corrected chi connectivity index (χ0v) is 17.7. The Morgan fingerprint density at radius 2 is 2.00 bits per heavy atom. The van der Waals surface area contributed by atoms with Crippen molar-refractivity contribution in [2.45, 2.75) is 19.9 Å². The molecule has 0 spiro atoms. The van der Waals surface area contributed by atoms with Crippen LogP contribution in [0.1, 0.15) is 29.3 Å². The van der Waals surface area contributed by atoms with Gasteiger partial charge in [-0.1, -0.05) is 0 Å². The molecule has 9 nitrogen and oxygen atoms in total. The number of hydrogen-bond acceptors (Lipinski definition) is 7. The third-order valence-corrected chi connectivity index (χ3v) is 5.12. The number of rotatable bonds is 10. The SMILES string of the molecule is CCOc1ccc(C(=O)N(CCCN2CCOCC2)Cc2ccncc2)cc1[N+](=O)[O-]. The summed E-state index contributed by atoms with van der Waals surface area (Å²) in [6, 6.07) is 8.11. The lowest BCUT2D eigenvalue weighted by Crippen LogP contribution is -2.39. The van der Waals surface area contributed by atoms with Crippen molar-refractivity contribution >= 4 is 11.6 Å². The fraction of sp³-hybridized carbons (Fsp3) is 0.455. The van der Waals surface area contributed by atoms with E-state index in [9.17, 15) is 14.9 Å². The predicted molar refractivity (Wildman–Crippen MR) is 115 cm³/mol. The number of nitrogens with zero attached hydrogens (tertiary/aromatic N) is 4. The molecule has 0 saturated carbocycles. The first-order valence-electron chi connectivity index (χ1n) is 10.5. The lowest BCUT2D eigenvalue weighted by molar-refractivity contribution is -0.385. The van der Waals surface area contributed by atoms with E-state index < -0.39 is 4.92 Å². The van der Waals surface area contributed by atoms with Gasteiger partial charge in [0.1, 0.15) is 0 Å². The van der Waals surface area contributed by atoms with E-state index in [1.807, 2.05) is 12.1 Å². The van der Waals surface area contributed by atoms with Crippen LogP contribution in [0.5, 0.6) is 5.75 Å². The Bertz CT molecular complexity index is 871. The maximum absolute atomic E-state index is 13.3. The largest absolute Gasteiger partial charge is 0.487 e. The topological polar surface area (TPSA) is 98.0 Å². The van der Waals surface area contributed by atoms with Crippen molar-refractivity contribution in [2.75, 3.05) is 46.0 Å². The van der Waals surface area contributed by atoms with Gasteiger partial charge in [0.05, 0.1) is 24.7 Å². The minimum absolute atomic E-state index is 0.164. The van der Waals surface area contributed by atoms with E-state index in [1.54, 1.807) is 30.3 Å². The van der Waals surface area contributed by atoms with Crippen molar-refractivity contribution < 1.29 is 19.2 Å². The first-order chi connectivity index (χ1) is 15.1. The number of carbonyl (C=O) groups excluding carboxylic acids is 1. The zero-order chi connectivity index (χ0) is 22.1. The molecule has 0 atom stereocenters. The van der Waals surface area contributed by atoms with Gasteiger partial charge in [-0.25, -0.2) is 0 Å².